The third-order valence-corrected chi connectivity index (χ3v) is 5.54. The lowest BCUT2D eigenvalue weighted by Crippen LogP contribution is -2.48. The number of pyridine rings is 1. The van der Waals surface area contributed by atoms with Crippen LogP contribution in [0.5, 0.6) is 0 Å². The molecule has 146 valence electrons. The third kappa shape index (κ3) is 3.80. The Morgan fingerprint density at radius 2 is 1.71 bits per heavy atom. The number of amides is 1. The van der Waals surface area contributed by atoms with Crippen LogP contribution in [0.3, 0.4) is 0 Å². The van der Waals surface area contributed by atoms with Crippen molar-refractivity contribution in [3.05, 3.63) is 71.7 Å². The Morgan fingerprint density at radius 1 is 1.00 bits per heavy atom. The number of imidazole rings is 1. The van der Waals surface area contributed by atoms with E-state index in [1.54, 1.807) is 0 Å². The number of hydrogen-bond acceptors (Lipinski definition) is 3. The van der Waals surface area contributed by atoms with Crippen LogP contribution in [0.4, 0.5) is 0 Å². The predicted molar refractivity (Wildman–Crippen MR) is 112 cm³/mol. The Labute approximate surface area is 166 Å². The average molecular weight is 377 g/mol. The first-order valence-corrected chi connectivity index (χ1v) is 9.95. The zero-order valence-corrected chi connectivity index (χ0v) is 16.9. The van der Waals surface area contributed by atoms with Crippen LogP contribution in [0, 0.1) is 0 Å². The van der Waals surface area contributed by atoms with E-state index < -0.39 is 0 Å². The van der Waals surface area contributed by atoms with Gasteiger partial charge in [-0.15, -0.1) is 0 Å². The van der Waals surface area contributed by atoms with Gasteiger partial charge >= 0.3 is 0 Å². The summed E-state index contributed by atoms with van der Waals surface area (Å²) in [5, 5.41) is 0. The minimum atomic E-state index is 0.102. The van der Waals surface area contributed by atoms with Gasteiger partial charge < -0.3 is 9.30 Å². The van der Waals surface area contributed by atoms with Crippen LogP contribution in [0.25, 0.3) is 5.65 Å². The molecule has 0 atom stereocenters. The molecule has 1 aliphatic heterocycles. The number of nitrogens with zero attached hydrogens (tertiary/aromatic N) is 4. The molecule has 0 radical (unpaired) electrons. The molecule has 0 N–H and O–H groups in total. The second kappa shape index (κ2) is 7.40. The van der Waals surface area contributed by atoms with Gasteiger partial charge in [0.05, 0.1) is 11.9 Å². The summed E-state index contributed by atoms with van der Waals surface area (Å²) in [4.78, 5) is 21.7. The van der Waals surface area contributed by atoms with Gasteiger partial charge in [-0.3, -0.25) is 9.69 Å². The van der Waals surface area contributed by atoms with Crippen molar-refractivity contribution in [2.45, 2.75) is 32.7 Å². The molecule has 1 aliphatic rings. The van der Waals surface area contributed by atoms with E-state index in [1.807, 2.05) is 41.4 Å². The number of aromatic nitrogens is 2. The van der Waals surface area contributed by atoms with Crippen LogP contribution in [-0.4, -0.2) is 51.3 Å². The van der Waals surface area contributed by atoms with Gasteiger partial charge in [0.1, 0.15) is 5.65 Å². The fourth-order valence-electron chi connectivity index (χ4n) is 3.74. The van der Waals surface area contributed by atoms with Crippen LogP contribution < -0.4 is 0 Å². The van der Waals surface area contributed by atoms with Gasteiger partial charge in [-0.25, -0.2) is 4.98 Å². The normalized spacial score (nSPS) is 15.9. The molecule has 4 rings (SSSR count). The molecule has 3 heterocycles. The quantitative estimate of drug-likeness (QED) is 0.701. The highest BCUT2D eigenvalue weighted by atomic mass is 16.2. The smallest absolute Gasteiger partial charge is 0.253 e. The molecule has 3 aromatic rings. The van der Waals surface area contributed by atoms with Crippen LogP contribution in [0.2, 0.25) is 0 Å². The van der Waals surface area contributed by atoms with Gasteiger partial charge in [-0.05, 0) is 35.2 Å². The molecule has 0 aliphatic carbocycles. The first-order valence-electron chi connectivity index (χ1n) is 9.95. The Balaban J connectivity index is 1.36. The van der Waals surface area contributed by atoms with E-state index in [4.69, 9.17) is 0 Å². The van der Waals surface area contributed by atoms with Gasteiger partial charge in [0.15, 0.2) is 0 Å². The van der Waals surface area contributed by atoms with Crippen molar-refractivity contribution in [2.24, 2.45) is 0 Å². The zero-order valence-electron chi connectivity index (χ0n) is 16.9. The largest absolute Gasteiger partial charge is 0.336 e. The standard InChI is InChI=1S/C23H28N4O/c1-23(2,3)19-9-7-18(8-10-19)22(28)26-14-12-25(13-15-26)17-20-16-24-21-6-4-5-11-27(20)21/h4-11,16H,12-15,17H2,1-3H3. The molecule has 1 saturated heterocycles. The minimum Gasteiger partial charge on any atom is -0.336 e. The second-order valence-corrected chi connectivity index (χ2v) is 8.57. The number of rotatable bonds is 3. The summed E-state index contributed by atoms with van der Waals surface area (Å²) in [5.41, 5.74) is 4.30. The minimum absolute atomic E-state index is 0.102. The van der Waals surface area contributed by atoms with E-state index in [9.17, 15) is 4.79 Å². The summed E-state index contributed by atoms with van der Waals surface area (Å²) < 4.78 is 2.13. The number of fused-ring (bicyclic) bond motifs is 1. The first-order chi connectivity index (χ1) is 13.4. The maximum Gasteiger partial charge on any atom is 0.253 e. The molecule has 0 saturated carbocycles. The second-order valence-electron chi connectivity index (χ2n) is 8.57. The van der Waals surface area contributed by atoms with Crippen molar-refractivity contribution in [3.63, 3.8) is 0 Å². The highest BCUT2D eigenvalue weighted by molar-refractivity contribution is 5.94. The Morgan fingerprint density at radius 3 is 2.39 bits per heavy atom. The van der Waals surface area contributed by atoms with Crippen molar-refractivity contribution in [1.29, 1.82) is 0 Å². The van der Waals surface area contributed by atoms with Gasteiger partial charge in [0.2, 0.25) is 0 Å². The maximum atomic E-state index is 12.9. The van der Waals surface area contributed by atoms with Crippen molar-refractivity contribution in [1.82, 2.24) is 19.2 Å². The van der Waals surface area contributed by atoms with Gasteiger partial charge in [0, 0.05) is 44.5 Å². The first kappa shape index (κ1) is 18.7. The Hall–Kier alpha value is -2.66. The topological polar surface area (TPSA) is 40.9 Å². The monoisotopic (exact) mass is 376 g/mol. The van der Waals surface area contributed by atoms with Crippen molar-refractivity contribution in [2.75, 3.05) is 26.2 Å². The van der Waals surface area contributed by atoms with Gasteiger partial charge in [0.25, 0.3) is 5.91 Å². The molecule has 0 unspecified atom stereocenters. The fraction of sp³-hybridized carbons (Fsp3) is 0.391. The van der Waals surface area contributed by atoms with E-state index in [-0.39, 0.29) is 11.3 Å². The number of carbonyl (C=O) groups excluding carboxylic acids is 1. The molecule has 0 spiro atoms. The number of hydrogen-bond donors (Lipinski definition) is 0. The molecule has 0 bridgehead atoms. The molecular weight excluding hydrogens is 348 g/mol. The summed E-state index contributed by atoms with van der Waals surface area (Å²) >= 11 is 0. The summed E-state index contributed by atoms with van der Waals surface area (Å²) in [6, 6.07) is 14.1. The molecule has 1 aromatic carbocycles. The summed E-state index contributed by atoms with van der Waals surface area (Å²) in [6.45, 7) is 10.7. The van der Waals surface area contributed by atoms with E-state index in [1.165, 1.54) is 11.3 Å². The van der Waals surface area contributed by atoms with Crippen LogP contribution in [0.15, 0.2) is 54.9 Å². The molecule has 5 nitrogen and oxygen atoms in total. The lowest BCUT2D eigenvalue weighted by Gasteiger charge is -2.34. The number of piperazine rings is 1. The van der Waals surface area contributed by atoms with E-state index in [0.29, 0.717) is 0 Å². The number of benzene rings is 1. The molecule has 2 aromatic heterocycles. The van der Waals surface area contributed by atoms with Gasteiger partial charge in [-0.2, -0.15) is 0 Å². The zero-order chi connectivity index (χ0) is 19.7. The van der Waals surface area contributed by atoms with Crippen LogP contribution in [0.1, 0.15) is 42.4 Å². The van der Waals surface area contributed by atoms with E-state index in [2.05, 4.69) is 53.4 Å². The SMILES string of the molecule is CC(C)(C)c1ccc(C(=O)N2CCN(Cc3cnc4ccccn34)CC2)cc1. The summed E-state index contributed by atoms with van der Waals surface area (Å²) in [6.07, 6.45) is 4.00. The lowest BCUT2D eigenvalue weighted by molar-refractivity contribution is 0.0626. The molecular formula is C23H28N4O. The maximum absolute atomic E-state index is 12.9. The van der Waals surface area contributed by atoms with Crippen molar-refractivity contribution < 1.29 is 4.79 Å². The number of carbonyl (C=O) groups is 1. The molecule has 28 heavy (non-hydrogen) atoms. The molecule has 1 amide bonds. The third-order valence-electron chi connectivity index (χ3n) is 5.54. The fourth-order valence-corrected chi connectivity index (χ4v) is 3.74. The highest BCUT2D eigenvalue weighted by Crippen LogP contribution is 2.23. The molecule has 5 heteroatoms. The van der Waals surface area contributed by atoms with E-state index in [0.717, 1.165) is 43.9 Å². The predicted octanol–water partition coefficient (Wildman–Crippen LogP) is 3.59. The average Bonchev–Trinajstić information content (AvgIpc) is 3.10. The molecule has 1 fully saturated rings. The highest BCUT2D eigenvalue weighted by Gasteiger charge is 2.23. The Kier molecular flexibility index (Phi) is 4.94. The van der Waals surface area contributed by atoms with Crippen molar-refractivity contribution >= 4 is 11.6 Å². The van der Waals surface area contributed by atoms with Gasteiger partial charge in [-0.1, -0.05) is 39.0 Å². The van der Waals surface area contributed by atoms with E-state index >= 15 is 0 Å². The lowest BCUT2D eigenvalue weighted by atomic mass is 9.86. The summed E-state index contributed by atoms with van der Waals surface area (Å²) in [5.74, 6) is 0.134. The Bertz CT molecular complexity index is 960. The van der Waals surface area contributed by atoms with Crippen molar-refractivity contribution in [3.8, 4) is 0 Å². The summed E-state index contributed by atoms with van der Waals surface area (Å²) in [7, 11) is 0. The van der Waals surface area contributed by atoms with Crippen LogP contribution in [-0.2, 0) is 12.0 Å². The van der Waals surface area contributed by atoms with Crippen LogP contribution >= 0.6 is 0 Å².